The molecule has 2 fully saturated rings. The lowest BCUT2D eigenvalue weighted by Crippen LogP contribution is -2.55. The Labute approximate surface area is 139 Å². The van der Waals surface area contributed by atoms with E-state index in [-0.39, 0.29) is 12.0 Å². The number of nitrogens with one attached hydrogen (secondary N) is 1. The first-order valence-corrected chi connectivity index (χ1v) is 8.08. The third-order valence-electron chi connectivity index (χ3n) is 3.88. The molecular weight excluding hydrogens is 327 g/mol. The second kappa shape index (κ2) is 7.00. The minimum absolute atomic E-state index is 0.0574. The number of anilines is 1. The van der Waals surface area contributed by atoms with E-state index >= 15 is 0 Å². The van der Waals surface area contributed by atoms with Crippen LogP contribution in [0.5, 0.6) is 0 Å². The highest BCUT2D eigenvalue weighted by Gasteiger charge is 2.29. The van der Waals surface area contributed by atoms with Gasteiger partial charge < -0.3 is 19.9 Å². The number of hydrogen-bond acceptors (Lipinski definition) is 5. The van der Waals surface area contributed by atoms with Crippen molar-refractivity contribution in [1.29, 1.82) is 0 Å². The summed E-state index contributed by atoms with van der Waals surface area (Å²) in [6.07, 6.45) is 1.22. The smallest absolute Gasteiger partial charge is 0.253 e. The summed E-state index contributed by atoms with van der Waals surface area (Å²) < 4.78 is 5.52. The summed E-state index contributed by atoms with van der Waals surface area (Å²) >= 11 is 12.1. The first-order chi connectivity index (χ1) is 10.6. The summed E-state index contributed by atoms with van der Waals surface area (Å²) in [5.41, 5.74) is 0. The predicted octanol–water partition coefficient (Wildman–Crippen LogP) is 1.03. The van der Waals surface area contributed by atoms with Gasteiger partial charge in [-0.1, -0.05) is 23.2 Å². The molecule has 1 amide bonds. The molecular formula is C14H18Cl2N4O2. The van der Waals surface area contributed by atoms with Gasteiger partial charge in [-0.05, 0) is 6.07 Å². The van der Waals surface area contributed by atoms with Crippen molar-refractivity contribution >= 4 is 34.9 Å². The van der Waals surface area contributed by atoms with Gasteiger partial charge in [0.2, 0.25) is 0 Å². The highest BCUT2D eigenvalue weighted by Crippen LogP contribution is 2.26. The van der Waals surface area contributed by atoms with Gasteiger partial charge in [0.25, 0.3) is 5.91 Å². The molecule has 0 spiro atoms. The molecule has 3 heterocycles. The van der Waals surface area contributed by atoms with E-state index in [1.54, 1.807) is 12.3 Å². The van der Waals surface area contributed by atoms with Crippen LogP contribution in [0.3, 0.4) is 0 Å². The molecule has 0 aromatic carbocycles. The molecule has 0 aliphatic carbocycles. The number of hydrogen-bond donors (Lipinski definition) is 1. The molecule has 0 radical (unpaired) electrons. The van der Waals surface area contributed by atoms with E-state index in [2.05, 4.69) is 15.2 Å². The predicted molar refractivity (Wildman–Crippen MR) is 85.7 cm³/mol. The first kappa shape index (κ1) is 15.8. The number of halogens is 2. The van der Waals surface area contributed by atoms with Crippen LogP contribution >= 0.6 is 23.2 Å². The van der Waals surface area contributed by atoms with Crippen molar-refractivity contribution in [2.75, 3.05) is 50.8 Å². The van der Waals surface area contributed by atoms with Crippen molar-refractivity contribution < 1.29 is 9.53 Å². The average Bonchev–Trinajstić information content (AvgIpc) is 2.55. The van der Waals surface area contributed by atoms with Crippen LogP contribution < -0.4 is 10.2 Å². The summed E-state index contributed by atoms with van der Waals surface area (Å²) in [6, 6.07) is 1.69. The maximum atomic E-state index is 12.4. The third-order valence-corrected chi connectivity index (χ3v) is 4.37. The maximum Gasteiger partial charge on any atom is 0.253 e. The van der Waals surface area contributed by atoms with Gasteiger partial charge in [0, 0.05) is 45.5 Å². The number of pyridine rings is 1. The molecule has 3 rings (SSSR count). The van der Waals surface area contributed by atoms with E-state index in [1.165, 1.54) is 0 Å². The fraction of sp³-hybridized carbons (Fsp3) is 0.571. The molecule has 1 atom stereocenters. The number of carbonyl (C=O) groups excluding carboxylic acids is 1. The fourth-order valence-corrected chi connectivity index (χ4v) is 3.21. The number of morpholine rings is 1. The zero-order chi connectivity index (χ0) is 15.5. The van der Waals surface area contributed by atoms with Crippen LogP contribution in [0, 0.1) is 0 Å². The van der Waals surface area contributed by atoms with Crippen LogP contribution in [0.15, 0.2) is 12.3 Å². The Morgan fingerprint density at radius 1 is 1.32 bits per heavy atom. The molecule has 1 N–H and O–H groups in total. The number of nitrogens with zero attached hydrogens (tertiary/aromatic N) is 3. The van der Waals surface area contributed by atoms with Gasteiger partial charge in [-0.2, -0.15) is 0 Å². The molecule has 6 nitrogen and oxygen atoms in total. The van der Waals surface area contributed by atoms with Gasteiger partial charge in [0.1, 0.15) is 11.9 Å². The second-order valence-corrected chi connectivity index (χ2v) is 6.18. The van der Waals surface area contributed by atoms with Gasteiger partial charge in [-0.3, -0.25) is 4.79 Å². The SMILES string of the molecule is O=C(C1CNCCO1)N1CCN(c2ncc(Cl)cc2Cl)CC1. The lowest BCUT2D eigenvalue weighted by Gasteiger charge is -2.37. The molecule has 2 aliphatic heterocycles. The van der Waals surface area contributed by atoms with Crippen molar-refractivity contribution in [1.82, 2.24) is 15.2 Å². The first-order valence-electron chi connectivity index (χ1n) is 7.32. The van der Waals surface area contributed by atoms with E-state index in [9.17, 15) is 4.79 Å². The zero-order valence-corrected chi connectivity index (χ0v) is 13.6. The van der Waals surface area contributed by atoms with Crippen molar-refractivity contribution in [2.24, 2.45) is 0 Å². The molecule has 0 bridgehead atoms. The summed E-state index contributed by atoms with van der Waals surface area (Å²) in [6.45, 7) is 4.64. The molecule has 2 saturated heterocycles. The number of aromatic nitrogens is 1. The number of carbonyl (C=O) groups is 1. The topological polar surface area (TPSA) is 57.7 Å². The number of rotatable bonds is 2. The van der Waals surface area contributed by atoms with Crippen molar-refractivity contribution in [2.45, 2.75) is 6.10 Å². The Kier molecular flexibility index (Phi) is 5.03. The monoisotopic (exact) mass is 344 g/mol. The normalized spacial score (nSPS) is 22.7. The van der Waals surface area contributed by atoms with E-state index < -0.39 is 0 Å². The number of amides is 1. The molecule has 1 unspecified atom stereocenters. The minimum atomic E-state index is -0.363. The third kappa shape index (κ3) is 3.46. The Morgan fingerprint density at radius 3 is 2.73 bits per heavy atom. The van der Waals surface area contributed by atoms with E-state index in [1.807, 2.05) is 4.90 Å². The lowest BCUT2D eigenvalue weighted by molar-refractivity contribution is -0.145. The highest BCUT2D eigenvalue weighted by molar-refractivity contribution is 6.36. The zero-order valence-electron chi connectivity index (χ0n) is 12.1. The molecule has 120 valence electrons. The van der Waals surface area contributed by atoms with Gasteiger partial charge in [-0.15, -0.1) is 0 Å². The largest absolute Gasteiger partial charge is 0.366 e. The lowest BCUT2D eigenvalue weighted by atomic mass is 10.2. The Hall–Kier alpha value is -1.08. The van der Waals surface area contributed by atoms with E-state index in [0.717, 1.165) is 6.54 Å². The maximum absolute atomic E-state index is 12.4. The standard InChI is InChI=1S/C14H18Cl2N4O2/c15-10-7-11(16)13(18-8-10)19-2-4-20(5-3-19)14(21)12-9-17-1-6-22-12/h7-8,12,17H,1-6,9H2. The fourth-order valence-electron chi connectivity index (χ4n) is 2.71. The van der Waals surface area contributed by atoms with Crippen LogP contribution in [-0.4, -0.2) is 67.8 Å². The van der Waals surface area contributed by atoms with Crippen LogP contribution in [-0.2, 0) is 9.53 Å². The molecule has 1 aromatic rings. The quantitative estimate of drug-likeness (QED) is 0.868. The number of piperazine rings is 1. The van der Waals surface area contributed by atoms with Crippen molar-refractivity contribution in [3.8, 4) is 0 Å². The summed E-state index contributed by atoms with van der Waals surface area (Å²) in [5.74, 6) is 0.774. The second-order valence-electron chi connectivity index (χ2n) is 5.33. The molecule has 8 heteroatoms. The van der Waals surface area contributed by atoms with Crippen molar-refractivity contribution in [3.05, 3.63) is 22.3 Å². The molecule has 0 saturated carbocycles. The summed E-state index contributed by atoms with van der Waals surface area (Å²) in [4.78, 5) is 20.6. The minimum Gasteiger partial charge on any atom is -0.366 e. The van der Waals surface area contributed by atoms with Crippen LogP contribution in [0.2, 0.25) is 10.0 Å². The van der Waals surface area contributed by atoms with Crippen LogP contribution in [0.4, 0.5) is 5.82 Å². The Bertz CT molecular complexity index is 544. The Morgan fingerprint density at radius 2 is 2.09 bits per heavy atom. The summed E-state index contributed by atoms with van der Waals surface area (Å²) in [5, 5.41) is 4.23. The average molecular weight is 345 g/mol. The molecule has 1 aromatic heterocycles. The van der Waals surface area contributed by atoms with Crippen molar-refractivity contribution in [3.63, 3.8) is 0 Å². The number of ether oxygens (including phenoxy) is 1. The highest BCUT2D eigenvalue weighted by atomic mass is 35.5. The van der Waals surface area contributed by atoms with Gasteiger partial charge in [-0.25, -0.2) is 4.98 Å². The van der Waals surface area contributed by atoms with Crippen LogP contribution in [0.1, 0.15) is 0 Å². The van der Waals surface area contributed by atoms with Gasteiger partial charge >= 0.3 is 0 Å². The molecule has 2 aliphatic rings. The van der Waals surface area contributed by atoms with E-state index in [0.29, 0.717) is 55.2 Å². The van der Waals surface area contributed by atoms with Gasteiger partial charge in [0.05, 0.1) is 16.7 Å². The summed E-state index contributed by atoms with van der Waals surface area (Å²) in [7, 11) is 0. The van der Waals surface area contributed by atoms with Gasteiger partial charge in [0.15, 0.2) is 0 Å². The Balaban J connectivity index is 1.59. The van der Waals surface area contributed by atoms with E-state index in [4.69, 9.17) is 27.9 Å². The molecule has 22 heavy (non-hydrogen) atoms. The van der Waals surface area contributed by atoms with Crippen LogP contribution in [0.25, 0.3) is 0 Å².